The SMILES string of the molecule is CC(=O)NC(CC(=O)OCCOC(C)C)c1ccc(C)cc1. The number of hydrogen-bond acceptors (Lipinski definition) is 4. The number of nitrogens with one attached hydrogen (secondary N) is 1. The predicted octanol–water partition coefficient (Wildman–Crippen LogP) is 2.53. The Morgan fingerprint density at radius 3 is 2.32 bits per heavy atom. The van der Waals surface area contributed by atoms with Crippen LogP contribution in [0, 0.1) is 6.92 Å². The van der Waals surface area contributed by atoms with Crippen LogP contribution in [0.25, 0.3) is 0 Å². The lowest BCUT2D eigenvalue weighted by Crippen LogP contribution is -2.29. The van der Waals surface area contributed by atoms with Gasteiger partial charge in [0, 0.05) is 6.92 Å². The van der Waals surface area contributed by atoms with E-state index in [0.717, 1.165) is 11.1 Å². The van der Waals surface area contributed by atoms with Crippen molar-refractivity contribution < 1.29 is 19.1 Å². The highest BCUT2D eigenvalue weighted by molar-refractivity contribution is 5.76. The molecule has 5 heteroatoms. The van der Waals surface area contributed by atoms with Crippen LogP contribution in [0.2, 0.25) is 0 Å². The van der Waals surface area contributed by atoms with Crippen molar-refractivity contribution in [2.75, 3.05) is 13.2 Å². The Morgan fingerprint density at radius 1 is 1.14 bits per heavy atom. The van der Waals surface area contributed by atoms with E-state index < -0.39 is 0 Å². The van der Waals surface area contributed by atoms with Crippen LogP contribution in [0.4, 0.5) is 0 Å². The van der Waals surface area contributed by atoms with Crippen molar-refractivity contribution in [1.82, 2.24) is 5.32 Å². The topological polar surface area (TPSA) is 64.6 Å². The zero-order valence-electron chi connectivity index (χ0n) is 13.7. The van der Waals surface area contributed by atoms with E-state index in [1.807, 2.05) is 45.0 Å². The second kappa shape index (κ2) is 9.20. The summed E-state index contributed by atoms with van der Waals surface area (Å²) in [7, 11) is 0. The first kappa shape index (κ1) is 18.2. The molecule has 0 fully saturated rings. The summed E-state index contributed by atoms with van der Waals surface area (Å²) in [6.45, 7) is 7.86. The van der Waals surface area contributed by atoms with Gasteiger partial charge >= 0.3 is 5.97 Å². The predicted molar refractivity (Wildman–Crippen MR) is 84.4 cm³/mol. The third kappa shape index (κ3) is 7.22. The molecule has 0 aliphatic heterocycles. The third-order valence-corrected chi connectivity index (χ3v) is 3.03. The monoisotopic (exact) mass is 307 g/mol. The summed E-state index contributed by atoms with van der Waals surface area (Å²) in [5, 5.41) is 2.78. The molecule has 1 rings (SSSR count). The quantitative estimate of drug-likeness (QED) is 0.592. The Balaban J connectivity index is 2.55. The number of benzene rings is 1. The number of rotatable bonds is 8. The first-order valence-corrected chi connectivity index (χ1v) is 7.49. The molecule has 0 heterocycles. The zero-order chi connectivity index (χ0) is 16.5. The number of hydrogen-bond donors (Lipinski definition) is 1. The summed E-state index contributed by atoms with van der Waals surface area (Å²) in [6.07, 6.45) is 0.211. The van der Waals surface area contributed by atoms with Crippen LogP contribution in [0.5, 0.6) is 0 Å². The number of carbonyl (C=O) groups is 2. The molecule has 0 spiro atoms. The van der Waals surface area contributed by atoms with Crippen molar-refractivity contribution in [3.63, 3.8) is 0 Å². The average molecular weight is 307 g/mol. The molecule has 1 aromatic carbocycles. The van der Waals surface area contributed by atoms with E-state index in [4.69, 9.17) is 9.47 Å². The van der Waals surface area contributed by atoms with E-state index in [1.165, 1.54) is 6.92 Å². The molecular weight excluding hydrogens is 282 g/mol. The molecule has 0 saturated carbocycles. The smallest absolute Gasteiger partial charge is 0.308 e. The number of aryl methyl sites for hydroxylation is 1. The van der Waals surface area contributed by atoms with Crippen LogP contribution in [-0.2, 0) is 19.1 Å². The van der Waals surface area contributed by atoms with Gasteiger partial charge in [-0.05, 0) is 26.3 Å². The minimum absolute atomic E-state index is 0.102. The molecular formula is C17H25NO4. The molecule has 1 N–H and O–H groups in total. The molecule has 0 bridgehead atoms. The van der Waals surface area contributed by atoms with Gasteiger partial charge in [0.05, 0.1) is 25.2 Å². The fourth-order valence-corrected chi connectivity index (χ4v) is 1.96. The lowest BCUT2D eigenvalue weighted by atomic mass is 10.0. The Hall–Kier alpha value is -1.88. The molecule has 1 aromatic rings. The van der Waals surface area contributed by atoms with E-state index in [0.29, 0.717) is 6.61 Å². The van der Waals surface area contributed by atoms with Crippen molar-refractivity contribution in [1.29, 1.82) is 0 Å². The Bertz CT molecular complexity index is 482. The van der Waals surface area contributed by atoms with Crippen molar-refractivity contribution in [2.24, 2.45) is 0 Å². The van der Waals surface area contributed by atoms with Crippen molar-refractivity contribution in [3.05, 3.63) is 35.4 Å². The van der Waals surface area contributed by atoms with E-state index in [1.54, 1.807) is 0 Å². The highest BCUT2D eigenvalue weighted by atomic mass is 16.6. The van der Waals surface area contributed by atoms with E-state index in [2.05, 4.69) is 5.32 Å². The molecule has 1 amide bonds. The zero-order valence-corrected chi connectivity index (χ0v) is 13.7. The molecule has 22 heavy (non-hydrogen) atoms. The summed E-state index contributed by atoms with van der Waals surface area (Å²) in [4.78, 5) is 23.2. The minimum Gasteiger partial charge on any atom is -0.463 e. The van der Waals surface area contributed by atoms with Gasteiger partial charge in [-0.25, -0.2) is 0 Å². The van der Waals surface area contributed by atoms with Gasteiger partial charge in [0.25, 0.3) is 0 Å². The summed E-state index contributed by atoms with van der Waals surface area (Å²) in [5.41, 5.74) is 2.01. The first-order chi connectivity index (χ1) is 10.4. The lowest BCUT2D eigenvalue weighted by Gasteiger charge is -2.18. The van der Waals surface area contributed by atoms with Crippen molar-refractivity contribution in [2.45, 2.75) is 46.3 Å². The normalized spacial score (nSPS) is 12.0. The summed E-state index contributed by atoms with van der Waals surface area (Å²) in [5.74, 6) is -0.534. The molecule has 0 aliphatic carbocycles. The van der Waals surface area contributed by atoms with Gasteiger partial charge in [-0.2, -0.15) is 0 Å². The lowest BCUT2D eigenvalue weighted by molar-refractivity contribution is -0.146. The Labute approximate surface area is 132 Å². The summed E-state index contributed by atoms with van der Waals surface area (Å²) < 4.78 is 10.4. The maximum atomic E-state index is 11.9. The van der Waals surface area contributed by atoms with Gasteiger partial charge in [0.1, 0.15) is 6.61 Å². The molecule has 1 atom stereocenters. The fraction of sp³-hybridized carbons (Fsp3) is 0.529. The molecule has 1 unspecified atom stereocenters. The number of amides is 1. The highest BCUT2D eigenvalue weighted by Crippen LogP contribution is 2.18. The van der Waals surface area contributed by atoms with Crippen LogP contribution < -0.4 is 5.32 Å². The summed E-state index contributed by atoms with van der Waals surface area (Å²) >= 11 is 0. The van der Waals surface area contributed by atoms with Gasteiger partial charge in [-0.15, -0.1) is 0 Å². The first-order valence-electron chi connectivity index (χ1n) is 7.49. The van der Waals surface area contributed by atoms with Gasteiger partial charge in [0.2, 0.25) is 5.91 Å². The fourth-order valence-electron chi connectivity index (χ4n) is 1.96. The van der Waals surface area contributed by atoms with Gasteiger partial charge in [-0.1, -0.05) is 29.8 Å². The second-order valence-electron chi connectivity index (χ2n) is 5.51. The highest BCUT2D eigenvalue weighted by Gasteiger charge is 2.18. The Morgan fingerprint density at radius 2 is 1.77 bits per heavy atom. The van der Waals surface area contributed by atoms with Crippen LogP contribution in [0.1, 0.15) is 44.4 Å². The standard InChI is InChI=1S/C17H25NO4/c1-12(2)21-9-10-22-17(20)11-16(18-14(4)19)15-7-5-13(3)6-8-15/h5-8,12,16H,9-11H2,1-4H3,(H,18,19). The van der Waals surface area contributed by atoms with Crippen LogP contribution in [0.15, 0.2) is 24.3 Å². The van der Waals surface area contributed by atoms with Gasteiger partial charge < -0.3 is 14.8 Å². The van der Waals surface area contributed by atoms with E-state index in [9.17, 15) is 9.59 Å². The third-order valence-electron chi connectivity index (χ3n) is 3.03. The molecule has 5 nitrogen and oxygen atoms in total. The van der Waals surface area contributed by atoms with E-state index in [-0.39, 0.29) is 37.0 Å². The van der Waals surface area contributed by atoms with Crippen molar-refractivity contribution >= 4 is 11.9 Å². The summed E-state index contributed by atoms with van der Waals surface area (Å²) in [6, 6.07) is 7.34. The Kier molecular flexibility index (Phi) is 7.60. The van der Waals surface area contributed by atoms with Crippen molar-refractivity contribution in [3.8, 4) is 0 Å². The molecule has 0 aromatic heterocycles. The largest absolute Gasteiger partial charge is 0.463 e. The maximum absolute atomic E-state index is 11.9. The van der Waals surface area contributed by atoms with Gasteiger partial charge in [-0.3, -0.25) is 9.59 Å². The number of carbonyl (C=O) groups excluding carboxylic acids is 2. The minimum atomic E-state index is -0.378. The van der Waals surface area contributed by atoms with Crippen LogP contribution in [0.3, 0.4) is 0 Å². The second-order valence-corrected chi connectivity index (χ2v) is 5.51. The molecule has 122 valence electrons. The van der Waals surface area contributed by atoms with Crippen LogP contribution in [-0.4, -0.2) is 31.2 Å². The number of esters is 1. The molecule has 0 radical (unpaired) electrons. The molecule has 0 saturated heterocycles. The molecule has 0 aliphatic rings. The maximum Gasteiger partial charge on any atom is 0.308 e. The average Bonchev–Trinajstić information content (AvgIpc) is 2.43. The number of ether oxygens (including phenoxy) is 2. The van der Waals surface area contributed by atoms with Gasteiger partial charge in [0.15, 0.2) is 0 Å². The van der Waals surface area contributed by atoms with Crippen LogP contribution >= 0.6 is 0 Å². The van der Waals surface area contributed by atoms with E-state index >= 15 is 0 Å².